The number of amides is 3. The summed E-state index contributed by atoms with van der Waals surface area (Å²) in [6.45, 7) is -0.400. The molecule has 210 valence electrons. The van der Waals surface area contributed by atoms with Crippen molar-refractivity contribution in [1.82, 2.24) is 19.8 Å². The number of rotatable bonds is 9. The highest BCUT2D eigenvalue weighted by molar-refractivity contribution is 6.42. The summed E-state index contributed by atoms with van der Waals surface area (Å²) in [5, 5.41) is -0.365. The molecule has 0 spiro atoms. The summed E-state index contributed by atoms with van der Waals surface area (Å²) in [6.07, 6.45) is 0.598. The number of carbonyl (C=O) groups excluding carboxylic acids is 4. The number of ether oxygens (including phenoxy) is 1. The van der Waals surface area contributed by atoms with Gasteiger partial charge in [-0.25, -0.2) is 9.37 Å². The fourth-order valence-corrected chi connectivity index (χ4v) is 3.94. The van der Waals surface area contributed by atoms with E-state index in [0.29, 0.717) is 0 Å². The van der Waals surface area contributed by atoms with Crippen molar-refractivity contribution in [3.8, 4) is 5.88 Å². The summed E-state index contributed by atoms with van der Waals surface area (Å²) < 4.78 is 20.1. The smallest absolute Gasteiger partial charge is 0.253 e. The van der Waals surface area contributed by atoms with Gasteiger partial charge in [0.2, 0.25) is 17.6 Å². The van der Waals surface area contributed by atoms with Crippen molar-refractivity contribution < 1.29 is 28.3 Å². The molecule has 0 aliphatic carbocycles. The minimum absolute atomic E-state index is 0.0161. The van der Waals surface area contributed by atoms with Crippen LogP contribution in [0.3, 0.4) is 0 Å². The molecule has 0 aliphatic rings. The van der Waals surface area contributed by atoms with Gasteiger partial charge in [0, 0.05) is 62.8 Å². The fourth-order valence-electron chi connectivity index (χ4n) is 3.61. The lowest BCUT2D eigenvalue weighted by molar-refractivity contribution is -0.117. The van der Waals surface area contributed by atoms with Crippen molar-refractivity contribution in [3.63, 3.8) is 0 Å². The van der Waals surface area contributed by atoms with Gasteiger partial charge < -0.3 is 19.4 Å². The molecular formula is C27H26Cl2FN5O5. The lowest BCUT2D eigenvalue weighted by atomic mass is 10.0. The fraction of sp³-hybridized carbons (Fsp3) is 0.259. The van der Waals surface area contributed by atoms with Gasteiger partial charge in [0.15, 0.2) is 5.82 Å². The van der Waals surface area contributed by atoms with Gasteiger partial charge in [-0.1, -0.05) is 29.3 Å². The summed E-state index contributed by atoms with van der Waals surface area (Å²) in [5.74, 6) is -3.38. The van der Waals surface area contributed by atoms with E-state index in [4.69, 9.17) is 27.9 Å². The number of aromatic nitrogens is 2. The minimum atomic E-state index is -0.862. The largest absolute Gasteiger partial charge is 0.481 e. The quantitative estimate of drug-likeness (QED) is 0.209. The molecule has 0 radical (unpaired) electrons. The number of ketones is 1. The Bertz CT molecular complexity index is 1440. The highest BCUT2D eigenvalue weighted by atomic mass is 35.5. The Morgan fingerprint density at radius 1 is 0.925 bits per heavy atom. The number of benzene rings is 2. The van der Waals surface area contributed by atoms with E-state index in [1.807, 2.05) is 0 Å². The molecule has 0 fully saturated rings. The maximum absolute atomic E-state index is 15.1. The monoisotopic (exact) mass is 589 g/mol. The maximum atomic E-state index is 15.1. The van der Waals surface area contributed by atoms with E-state index < -0.39 is 42.3 Å². The zero-order chi connectivity index (χ0) is 29.7. The third-order valence-electron chi connectivity index (χ3n) is 5.68. The summed E-state index contributed by atoms with van der Waals surface area (Å²) in [7, 11) is 7.49. The maximum Gasteiger partial charge on any atom is 0.253 e. The molecule has 3 rings (SSSR count). The molecule has 13 heteroatoms. The number of anilines is 1. The standard InChI is InChI=1S/C27H26Cl2FN5O5/c1-33(2)26(38)16-10-17(27(39)34(3)4)12-18(11-16)35(14-15-6-7-19(28)23(29)24(15)30)22(37)13-20(36)25-31-9-8-21(32-25)40-5/h6-12H,13-14H2,1-5H3. The lowest BCUT2D eigenvalue weighted by Crippen LogP contribution is -2.33. The van der Waals surface area contributed by atoms with Crippen molar-refractivity contribution >= 4 is 52.4 Å². The molecule has 1 aromatic heterocycles. The SMILES string of the molecule is COc1ccnc(C(=O)CC(=O)N(Cc2ccc(Cl)c(Cl)c2F)c2cc(C(=O)N(C)C)cc(C(=O)N(C)C)c2)n1. The van der Waals surface area contributed by atoms with E-state index in [-0.39, 0.29) is 44.1 Å². The molecule has 0 unspecified atom stereocenters. The summed E-state index contributed by atoms with van der Waals surface area (Å²) in [5.41, 5.74) is 0.260. The first kappa shape index (κ1) is 30.5. The average molecular weight is 590 g/mol. The van der Waals surface area contributed by atoms with Crippen LogP contribution >= 0.6 is 23.2 Å². The molecule has 3 amide bonds. The van der Waals surface area contributed by atoms with Crippen LogP contribution in [-0.4, -0.2) is 78.6 Å². The molecule has 0 N–H and O–H groups in total. The van der Waals surface area contributed by atoms with Crippen molar-refractivity contribution in [1.29, 1.82) is 0 Å². The molecule has 0 atom stereocenters. The Morgan fingerprint density at radius 2 is 1.52 bits per heavy atom. The predicted octanol–water partition coefficient (Wildman–Crippen LogP) is 4.14. The molecule has 1 heterocycles. The zero-order valence-corrected chi connectivity index (χ0v) is 23.9. The number of halogens is 3. The van der Waals surface area contributed by atoms with Gasteiger partial charge in [-0.05, 0) is 24.3 Å². The van der Waals surface area contributed by atoms with Gasteiger partial charge in [-0.3, -0.25) is 19.2 Å². The van der Waals surface area contributed by atoms with Crippen LogP contribution in [0.2, 0.25) is 10.0 Å². The molecule has 0 aliphatic heterocycles. The van der Waals surface area contributed by atoms with Gasteiger partial charge in [0.1, 0.15) is 5.82 Å². The number of hydrogen-bond donors (Lipinski definition) is 0. The molecule has 0 saturated heterocycles. The molecule has 40 heavy (non-hydrogen) atoms. The zero-order valence-electron chi connectivity index (χ0n) is 22.4. The molecule has 2 aromatic carbocycles. The van der Waals surface area contributed by atoms with Crippen LogP contribution in [0.15, 0.2) is 42.6 Å². The van der Waals surface area contributed by atoms with Crippen LogP contribution in [0.4, 0.5) is 10.1 Å². The van der Waals surface area contributed by atoms with Crippen molar-refractivity contribution in [2.45, 2.75) is 13.0 Å². The van der Waals surface area contributed by atoms with Crippen LogP contribution < -0.4 is 9.64 Å². The van der Waals surface area contributed by atoms with Crippen LogP contribution in [0.1, 0.15) is 43.3 Å². The Balaban J connectivity index is 2.14. The van der Waals surface area contributed by atoms with Crippen LogP contribution in [-0.2, 0) is 11.3 Å². The third-order valence-corrected chi connectivity index (χ3v) is 6.46. The number of nitrogens with zero attached hydrogens (tertiary/aromatic N) is 5. The predicted molar refractivity (Wildman–Crippen MR) is 148 cm³/mol. The Hall–Kier alpha value is -4.09. The Morgan fingerprint density at radius 3 is 2.08 bits per heavy atom. The normalized spacial score (nSPS) is 10.6. The van der Waals surface area contributed by atoms with E-state index >= 15 is 4.39 Å². The second-order valence-corrected chi connectivity index (χ2v) is 9.79. The number of methoxy groups -OCH3 is 1. The molecule has 0 bridgehead atoms. The number of hydrogen-bond acceptors (Lipinski definition) is 7. The highest BCUT2D eigenvalue weighted by Gasteiger charge is 2.26. The van der Waals surface area contributed by atoms with E-state index in [1.54, 1.807) is 0 Å². The third kappa shape index (κ3) is 6.91. The summed E-state index contributed by atoms with van der Waals surface area (Å²) >= 11 is 11.9. The van der Waals surface area contributed by atoms with Crippen LogP contribution in [0, 0.1) is 5.82 Å². The van der Waals surface area contributed by atoms with Gasteiger partial charge in [-0.2, -0.15) is 4.98 Å². The van der Waals surface area contributed by atoms with Gasteiger partial charge >= 0.3 is 0 Å². The average Bonchev–Trinajstić information content (AvgIpc) is 2.94. The van der Waals surface area contributed by atoms with E-state index in [9.17, 15) is 19.2 Å². The van der Waals surface area contributed by atoms with E-state index in [0.717, 1.165) is 4.90 Å². The molecule has 0 saturated carbocycles. The van der Waals surface area contributed by atoms with Crippen molar-refractivity contribution in [2.75, 3.05) is 40.2 Å². The van der Waals surface area contributed by atoms with Crippen LogP contribution in [0.25, 0.3) is 0 Å². The highest BCUT2D eigenvalue weighted by Crippen LogP contribution is 2.30. The number of Topliss-reactive ketones (excluding diaryl/α,β-unsaturated/α-hetero) is 1. The second-order valence-electron chi connectivity index (χ2n) is 9.00. The van der Waals surface area contributed by atoms with E-state index in [2.05, 4.69) is 9.97 Å². The van der Waals surface area contributed by atoms with Crippen LogP contribution in [0.5, 0.6) is 5.88 Å². The van der Waals surface area contributed by atoms with E-state index in [1.165, 1.54) is 87.7 Å². The Kier molecular flexibility index (Phi) is 9.78. The topological polar surface area (TPSA) is 113 Å². The van der Waals surface area contributed by atoms with Gasteiger partial charge in [-0.15, -0.1) is 0 Å². The molecule has 10 nitrogen and oxygen atoms in total. The molecular weight excluding hydrogens is 564 g/mol. The Labute approximate surface area is 240 Å². The summed E-state index contributed by atoms with van der Waals surface area (Å²) in [6, 6.07) is 8.31. The number of carbonyl (C=O) groups is 4. The lowest BCUT2D eigenvalue weighted by Gasteiger charge is -2.25. The first-order chi connectivity index (χ1) is 18.8. The van der Waals surface area contributed by atoms with Gasteiger partial charge in [0.25, 0.3) is 11.8 Å². The summed E-state index contributed by atoms with van der Waals surface area (Å²) in [4.78, 5) is 63.9. The second kappa shape index (κ2) is 12.8. The first-order valence-corrected chi connectivity index (χ1v) is 12.5. The van der Waals surface area contributed by atoms with Crippen molar-refractivity contribution in [2.24, 2.45) is 0 Å². The molecule has 3 aromatic rings. The van der Waals surface area contributed by atoms with Gasteiger partial charge in [0.05, 0.1) is 30.1 Å². The first-order valence-electron chi connectivity index (χ1n) is 11.7. The minimum Gasteiger partial charge on any atom is -0.481 e. The van der Waals surface area contributed by atoms with Crippen molar-refractivity contribution in [3.05, 3.63) is 81.0 Å².